The Labute approximate surface area is 194 Å². The number of carbonyl (C=O) groups excluding carboxylic acids is 2. The van der Waals surface area contributed by atoms with Gasteiger partial charge in [0.05, 0.1) is 0 Å². The highest BCUT2D eigenvalue weighted by atomic mass is 16.5. The topological polar surface area (TPSA) is 95.9 Å². The van der Waals surface area contributed by atoms with E-state index in [1.165, 1.54) is 11.8 Å². The summed E-state index contributed by atoms with van der Waals surface area (Å²) in [5.41, 5.74) is 4.56. The van der Waals surface area contributed by atoms with Crippen LogP contribution in [0.1, 0.15) is 51.2 Å². The Morgan fingerprint density at radius 1 is 1.00 bits per heavy atom. The van der Waals surface area contributed by atoms with Crippen molar-refractivity contribution >= 4 is 18.0 Å². The SMILES string of the molecule is CCN(C(=O)C[C@H](NC(=O)OCC1c2ccccc2-c2ccccc21)C(C)C)C(C)C(=O)O. The van der Waals surface area contributed by atoms with Crippen molar-refractivity contribution in [2.45, 2.75) is 52.1 Å². The minimum absolute atomic E-state index is 0.00726. The van der Waals surface area contributed by atoms with Crippen LogP contribution in [0.3, 0.4) is 0 Å². The fourth-order valence-electron chi connectivity index (χ4n) is 4.35. The number of alkyl carbamates (subject to hydrolysis) is 1. The summed E-state index contributed by atoms with van der Waals surface area (Å²) in [5, 5.41) is 12.1. The summed E-state index contributed by atoms with van der Waals surface area (Å²) in [4.78, 5) is 38.0. The van der Waals surface area contributed by atoms with Crippen LogP contribution >= 0.6 is 0 Å². The van der Waals surface area contributed by atoms with Gasteiger partial charge in [-0.2, -0.15) is 0 Å². The second kappa shape index (κ2) is 10.5. The third-order valence-electron chi connectivity index (χ3n) is 6.33. The highest BCUT2D eigenvalue weighted by Crippen LogP contribution is 2.44. The molecule has 176 valence electrons. The minimum atomic E-state index is -1.06. The lowest BCUT2D eigenvalue weighted by atomic mass is 9.98. The lowest BCUT2D eigenvalue weighted by Gasteiger charge is -2.29. The molecule has 0 fully saturated rings. The van der Waals surface area contributed by atoms with Crippen molar-refractivity contribution in [3.05, 3.63) is 59.7 Å². The first-order chi connectivity index (χ1) is 15.7. The standard InChI is InChI=1S/C26H32N2O5/c1-5-28(17(4)25(30)31)24(29)14-23(16(2)3)27-26(32)33-15-22-20-12-8-6-10-18(20)19-11-7-9-13-21(19)22/h6-13,16-17,22-23H,5,14-15H2,1-4H3,(H,27,32)(H,30,31)/t17?,23-/m0/s1. The van der Waals surface area contributed by atoms with Crippen LogP contribution in [0.2, 0.25) is 0 Å². The first-order valence-electron chi connectivity index (χ1n) is 11.4. The molecular weight excluding hydrogens is 420 g/mol. The van der Waals surface area contributed by atoms with Gasteiger partial charge in [-0.05, 0) is 42.0 Å². The number of benzene rings is 2. The van der Waals surface area contributed by atoms with E-state index in [9.17, 15) is 19.5 Å². The second-order valence-electron chi connectivity index (χ2n) is 8.72. The number of ether oxygens (including phenoxy) is 1. The Morgan fingerprint density at radius 2 is 1.55 bits per heavy atom. The number of nitrogens with one attached hydrogen (secondary N) is 1. The van der Waals surface area contributed by atoms with Crippen molar-refractivity contribution in [1.29, 1.82) is 0 Å². The molecule has 1 aliphatic rings. The van der Waals surface area contributed by atoms with E-state index in [2.05, 4.69) is 29.6 Å². The number of likely N-dealkylation sites (N-methyl/N-ethyl adjacent to an activating group) is 1. The fourth-order valence-corrected chi connectivity index (χ4v) is 4.35. The minimum Gasteiger partial charge on any atom is -0.480 e. The van der Waals surface area contributed by atoms with E-state index in [-0.39, 0.29) is 37.3 Å². The Morgan fingerprint density at radius 3 is 2.03 bits per heavy atom. The van der Waals surface area contributed by atoms with E-state index in [0.717, 1.165) is 22.3 Å². The zero-order chi connectivity index (χ0) is 24.1. The Kier molecular flexibility index (Phi) is 7.74. The van der Waals surface area contributed by atoms with Crippen molar-refractivity contribution in [3.63, 3.8) is 0 Å². The maximum Gasteiger partial charge on any atom is 0.407 e. The van der Waals surface area contributed by atoms with Crippen LogP contribution in [-0.4, -0.2) is 53.2 Å². The zero-order valence-corrected chi connectivity index (χ0v) is 19.6. The number of hydrogen-bond donors (Lipinski definition) is 2. The predicted octanol–water partition coefficient (Wildman–Crippen LogP) is 4.26. The molecular formula is C26H32N2O5. The number of amides is 2. The Bertz CT molecular complexity index is 974. The third-order valence-corrected chi connectivity index (χ3v) is 6.33. The van der Waals surface area contributed by atoms with Crippen molar-refractivity contribution in [2.24, 2.45) is 5.92 Å². The molecule has 0 spiro atoms. The molecule has 1 aliphatic carbocycles. The molecule has 0 saturated carbocycles. The van der Waals surface area contributed by atoms with Crippen molar-refractivity contribution in [3.8, 4) is 11.1 Å². The molecule has 1 unspecified atom stereocenters. The number of rotatable bonds is 9. The predicted molar refractivity (Wildman–Crippen MR) is 126 cm³/mol. The summed E-state index contributed by atoms with van der Waals surface area (Å²) in [7, 11) is 0. The number of nitrogens with zero attached hydrogens (tertiary/aromatic N) is 1. The van der Waals surface area contributed by atoms with Gasteiger partial charge in [0.25, 0.3) is 0 Å². The largest absolute Gasteiger partial charge is 0.480 e. The summed E-state index contributed by atoms with van der Waals surface area (Å²) < 4.78 is 5.61. The second-order valence-corrected chi connectivity index (χ2v) is 8.72. The molecule has 7 nitrogen and oxygen atoms in total. The van der Waals surface area contributed by atoms with Crippen LogP contribution in [0.25, 0.3) is 11.1 Å². The summed E-state index contributed by atoms with van der Waals surface area (Å²) in [5.74, 6) is -1.46. The molecule has 33 heavy (non-hydrogen) atoms. The van der Waals surface area contributed by atoms with Gasteiger partial charge in [-0.25, -0.2) is 9.59 Å². The van der Waals surface area contributed by atoms with Gasteiger partial charge in [0, 0.05) is 24.9 Å². The molecule has 3 rings (SSSR count). The van der Waals surface area contributed by atoms with Gasteiger partial charge in [-0.3, -0.25) is 4.79 Å². The van der Waals surface area contributed by atoms with Gasteiger partial charge in [0.15, 0.2) is 0 Å². The van der Waals surface area contributed by atoms with Crippen LogP contribution in [0.5, 0.6) is 0 Å². The van der Waals surface area contributed by atoms with Gasteiger partial charge >= 0.3 is 12.1 Å². The first-order valence-corrected chi connectivity index (χ1v) is 11.4. The average Bonchev–Trinajstić information content (AvgIpc) is 3.11. The molecule has 2 atom stereocenters. The number of carboxylic acids is 1. The molecule has 2 aromatic rings. The first kappa shape index (κ1) is 24.3. The van der Waals surface area contributed by atoms with Crippen LogP contribution in [0, 0.1) is 5.92 Å². The number of fused-ring (bicyclic) bond motifs is 3. The van der Waals surface area contributed by atoms with E-state index < -0.39 is 24.1 Å². The number of carboxylic acid groups (broad SMARTS) is 1. The summed E-state index contributed by atoms with van der Waals surface area (Å²) in [6.45, 7) is 7.49. The van der Waals surface area contributed by atoms with Crippen LogP contribution < -0.4 is 5.32 Å². The van der Waals surface area contributed by atoms with Gasteiger partial charge in [-0.1, -0.05) is 62.4 Å². The molecule has 2 amide bonds. The molecule has 0 heterocycles. The molecule has 0 saturated heterocycles. The Hall–Kier alpha value is -3.35. The van der Waals surface area contributed by atoms with E-state index in [1.807, 2.05) is 38.1 Å². The number of hydrogen-bond acceptors (Lipinski definition) is 4. The highest BCUT2D eigenvalue weighted by molar-refractivity contribution is 5.84. The molecule has 2 N–H and O–H groups in total. The highest BCUT2D eigenvalue weighted by Gasteiger charge is 2.31. The number of carbonyl (C=O) groups is 3. The van der Waals surface area contributed by atoms with Gasteiger partial charge in [0.2, 0.25) is 5.91 Å². The molecule has 7 heteroatoms. The molecule has 0 aromatic heterocycles. The van der Waals surface area contributed by atoms with Crippen LogP contribution in [0.4, 0.5) is 4.79 Å². The number of aliphatic carboxylic acids is 1. The summed E-state index contributed by atoms with van der Waals surface area (Å²) in [6.07, 6.45) is -0.578. The third kappa shape index (κ3) is 5.35. The fraction of sp³-hybridized carbons (Fsp3) is 0.423. The average molecular weight is 453 g/mol. The molecule has 0 aliphatic heterocycles. The maximum absolute atomic E-state index is 12.7. The quantitative estimate of drug-likeness (QED) is 0.593. The van der Waals surface area contributed by atoms with Gasteiger partial charge < -0.3 is 20.1 Å². The van der Waals surface area contributed by atoms with Crippen LogP contribution in [-0.2, 0) is 14.3 Å². The molecule has 0 radical (unpaired) electrons. The normalized spacial score (nSPS) is 14.2. The van der Waals surface area contributed by atoms with Gasteiger partial charge in [0.1, 0.15) is 12.6 Å². The Balaban J connectivity index is 1.64. The lowest BCUT2D eigenvalue weighted by molar-refractivity contribution is -0.149. The van der Waals surface area contributed by atoms with E-state index >= 15 is 0 Å². The van der Waals surface area contributed by atoms with Crippen LogP contribution in [0.15, 0.2) is 48.5 Å². The molecule has 0 bridgehead atoms. The molecule has 2 aromatic carbocycles. The summed E-state index contributed by atoms with van der Waals surface area (Å²) in [6, 6.07) is 14.8. The van der Waals surface area contributed by atoms with Crippen molar-refractivity contribution < 1.29 is 24.2 Å². The van der Waals surface area contributed by atoms with E-state index in [1.54, 1.807) is 6.92 Å². The monoisotopic (exact) mass is 452 g/mol. The maximum atomic E-state index is 12.7. The van der Waals surface area contributed by atoms with E-state index in [4.69, 9.17) is 4.74 Å². The van der Waals surface area contributed by atoms with E-state index in [0.29, 0.717) is 0 Å². The van der Waals surface area contributed by atoms with Crippen molar-refractivity contribution in [1.82, 2.24) is 10.2 Å². The van der Waals surface area contributed by atoms with Crippen molar-refractivity contribution in [2.75, 3.05) is 13.2 Å². The zero-order valence-electron chi connectivity index (χ0n) is 19.6. The smallest absolute Gasteiger partial charge is 0.407 e. The van der Waals surface area contributed by atoms with Gasteiger partial charge in [-0.15, -0.1) is 0 Å². The summed E-state index contributed by atoms with van der Waals surface area (Å²) >= 11 is 0. The lowest BCUT2D eigenvalue weighted by Crippen LogP contribution is -2.47.